The van der Waals surface area contributed by atoms with Crippen molar-refractivity contribution in [1.29, 1.82) is 0 Å². The Kier molecular flexibility index (Phi) is 6.08. The summed E-state index contributed by atoms with van der Waals surface area (Å²) < 4.78 is 2.65. The normalized spacial score (nSPS) is 20.2. The van der Waals surface area contributed by atoms with Crippen LogP contribution in [0, 0.1) is 5.92 Å². The number of aliphatic hydroxyl groups excluding tert-OH is 1. The molecule has 3 rings (SSSR count). The maximum Gasteiger partial charge on any atom is 0.228 e. The third kappa shape index (κ3) is 4.91. The number of carbonyl (C=O) groups is 1. The molecular weight excluding hydrogens is 400 g/mol. The Hall–Kier alpha value is -1.74. The molecule has 1 aromatic carbocycles. The minimum absolute atomic E-state index is 0.000434. The third-order valence-corrected chi connectivity index (χ3v) is 5.03. The number of likely N-dealkylation sites (N-methyl/N-ethyl adjacent to an activating group) is 1. The van der Waals surface area contributed by atoms with E-state index >= 15 is 0 Å². The van der Waals surface area contributed by atoms with Crippen molar-refractivity contribution in [3.63, 3.8) is 0 Å². The molecule has 1 saturated carbocycles. The van der Waals surface area contributed by atoms with Gasteiger partial charge in [-0.1, -0.05) is 28.1 Å². The second kappa shape index (κ2) is 8.30. The van der Waals surface area contributed by atoms with Gasteiger partial charge >= 0.3 is 0 Å². The van der Waals surface area contributed by atoms with E-state index in [1.807, 2.05) is 12.1 Å². The Morgan fingerprint density at radius 1 is 1.50 bits per heavy atom. The van der Waals surface area contributed by atoms with Crippen molar-refractivity contribution in [3.8, 4) is 0 Å². The van der Waals surface area contributed by atoms with Crippen molar-refractivity contribution >= 4 is 27.5 Å². The molecular formula is C18H23BrN4O3. The molecule has 1 aliphatic rings. The molecule has 2 N–H and O–H groups in total. The van der Waals surface area contributed by atoms with Crippen LogP contribution >= 0.6 is 15.9 Å². The summed E-state index contributed by atoms with van der Waals surface area (Å²) in [5.74, 6) is 0.294. The number of anilines is 1. The summed E-state index contributed by atoms with van der Waals surface area (Å²) in [4.78, 5) is 17.4. The van der Waals surface area contributed by atoms with Crippen LogP contribution in [0.5, 0.6) is 0 Å². The number of aromatic nitrogens is 2. The Balaban J connectivity index is 1.50. The lowest BCUT2D eigenvalue weighted by Gasteiger charge is -2.17. The van der Waals surface area contributed by atoms with Gasteiger partial charge in [-0.15, -0.1) is 0 Å². The highest BCUT2D eigenvalue weighted by Gasteiger charge is 2.43. The van der Waals surface area contributed by atoms with Gasteiger partial charge < -0.3 is 15.3 Å². The zero-order valence-corrected chi connectivity index (χ0v) is 16.4. The summed E-state index contributed by atoms with van der Waals surface area (Å²) in [6.07, 6.45) is 3.57. The first kappa shape index (κ1) is 19.0. The highest BCUT2D eigenvalue weighted by Crippen LogP contribution is 2.48. The molecule has 8 heteroatoms. The van der Waals surface area contributed by atoms with Gasteiger partial charge in [0.25, 0.3) is 0 Å². The van der Waals surface area contributed by atoms with Gasteiger partial charge in [0.05, 0.1) is 38.2 Å². The number of benzene rings is 1. The number of hydrogen-bond acceptors (Lipinski definition) is 5. The second-order valence-electron chi connectivity index (χ2n) is 6.59. The number of rotatable bonds is 8. The second-order valence-corrected chi connectivity index (χ2v) is 7.50. The van der Waals surface area contributed by atoms with Crippen molar-refractivity contribution in [2.75, 3.05) is 26.0 Å². The van der Waals surface area contributed by atoms with Gasteiger partial charge in [-0.2, -0.15) is 10.2 Å². The molecule has 0 saturated heterocycles. The van der Waals surface area contributed by atoms with Crippen LogP contribution in [0.4, 0.5) is 5.69 Å². The van der Waals surface area contributed by atoms with Crippen molar-refractivity contribution in [2.24, 2.45) is 5.92 Å². The zero-order valence-electron chi connectivity index (χ0n) is 14.8. The van der Waals surface area contributed by atoms with E-state index in [1.165, 1.54) is 5.56 Å². The van der Waals surface area contributed by atoms with Gasteiger partial charge in [0.2, 0.25) is 5.91 Å². The van der Waals surface area contributed by atoms with E-state index in [4.69, 9.17) is 4.84 Å². The third-order valence-electron chi connectivity index (χ3n) is 4.50. The Labute approximate surface area is 161 Å². The number of nitrogens with one attached hydrogen (secondary N) is 1. The first-order chi connectivity index (χ1) is 12.5. The average molecular weight is 423 g/mol. The number of aliphatic hydroxyl groups is 1. The highest BCUT2D eigenvalue weighted by atomic mass is 79.9. The minimum atomic E-state index is -0.617. The molecule has 1 fully saturated rings. The van der Waals surface area contributed by atoms with E-state index in [0.717, 1.165) is 10.9 Å². The first-order valence-electron chi connectivity index (χ1n) is 8.48. The van der Waals surface area contributed by atoms with Gasteiger partial charge in [-0.25, -0.2) is 0 Å². The predicted molar refractivity (Wildman–Crippen MR) is 101 cm³/mol. The summed E-state index contributed by atoms with van der Waals surface area (Å²) in [6.45, 7) is 0.698. The fourth-order valence-electron chi connectivity index (χ4n) is 2.97. The minimum Gasteiger partial charge on any atom is -0.390 e. The monoisotopic (exact) mass is 422 g/mol. The Morgan fingerprint density at radius 2 is 2.23 bits per heavy atom. The molecule has 140 valence electrons. The number of hydrogen-bond donors (Lipinski definition) is 2. The van der Waals surface area contributed by atoms with Crippen molar-refractivity contribution in [3.05, 3.63) is 46.7 Å². The van der Waals surface area contributed by atoms with Crippen LogP contribution < -0.4 is 5.32 Å². The van der Waals surface area contributed by atoms with Crippen LogP contribution in [0.3, 0.4) is 0 Å². The predicted octanol–water partition coefficient (Wildman–Crippen LogP) is 2.24. The van der Waals surface area contributed by atoms with Gasteiger partial charge in [-0.3, -0.25) is 9.48 Å². The largest absolute Gasteiger partial charge is 0.390 e. The lowest BCUT2D eigenvalue weighted by atomic mass is 10.1. The number of carbonyl (C=O) groups excluding carboxylic acids is 1. The van der Waals surface area contributed by atoms with E-state index in [9.17, 15) is 9.90 Å². The standard InChI is InChI=1S/C18H23BrN4O3/c1-22(26-2)10-15(24)11-23-9-14(8-20-23)21-18(25)17-7-16(17)12-3-5-13(19)6-4-12/h3-6,8-9,15-17,24H,7,10-11H2,1-2H3,(H,21,25). The van der Waals surface area contributed by atoms with Crippen LogP contribution in [-0.2, 0) is 16.2 Å². The molecule has 0 spiro atoms. The molecule has 1 aliphatic carbocycles. The van der Waals surface area contributed by atoms with Crippen LogP contribution in [0.2, 0.25) is 0 Å². The molecule has 3 unspecified atom stereocenters. The van der Waals surface area contributed by atoms with Crippen LogP contribution in [0.15, 0.2) is 41.1 Å². The Bertz CT molecular complexity index is 749. The molecule has 3 atom stereocenters. The SMILES string of the molecule is CON(C)CC(O)Cn1cc(NC(=O)C2CC2c2ccc(Br)cc2)cn1. The fraction of sp³-hybridized carbons (Fsp3) is 0.444. The molecule has 2 aromatic rings. The zero-order chi connectivity index (χ0) is 18.7. The summed E-state index contributed by atoms with van der Waals surface area (Å²) in [5.41, 5.74) is 1.83. The van der Waals surface area contributed by atoms with Gasteiger partial charge in [0.15, 0.2) is 0 Å². The van der Waals surface area contributed by atoms with E-state index in [2.05, 4.69) is 38.5 Å². The van der Waals surface area contributed by atoms with E-state index < -0.39 is 6.10 Å². The molecule has 0 aliphatic heterocycles. The van der Waals surface area contributed by atoms with E-state index in [1.54, 1.807) is 36.3 Å². The van der Waals surface area contributed by atoms with Crippen LogP contribution in [0.25, 0.3) is 0 Å². The maximum atomic E-state index is 12.4. The average Bonchev–Trinajstić information content (AvgIpc) is 3.30. The van der Waals surface area contributed by atoms with E-state index in [0.29, 0.717) is 18.8 Å². The van der Waals surface area contributed by atoms with E-state index in [-0.39, 0.29) is 17.7 Å². The van der Waals surface area contributed by atoms with Crippen LogP contribution in [-0.4, -0.2) is 52.7 Å². The molecule has 7 nitrogen and oxygen atoms in total. The summed E-state index contributed by atoms with van der Waals surface area (Å²) >= 11 is 3.42. The lowest BCUT2D eigenvalue weighted by molar-refractivity contribution is -0.129. The Morgan fingerprint density at radius 3 is 2.92 bits per heavy atom. The molecule has 1 heterocycles. The van der Waals surface area contributed by atoms with Crippen molar-refractivity contribution < 1.29 is 14.7 Å². The summed E-state index contributed by atoms with van der Waals surface area (Å²) in [5, 5.41) is 18.6. The van der Waals surface area contributed by atoms with Crippen LogP contribution in [0.1, 0.15) is 17.9 Å². The number of hydroxylamine groups is 2. The first-order valence-corrected chi connectivity index (χ1v) is 9.27. The van der Waals surface area contributed by atoms with Gasteiger partial charge in [-0.05, 0) is 30.0 Å². The summed E-state index contributed by atoms with van der Waals surface area (Å²) in [7, 11) is 3.29. The topological polar surface area (TPSA) is 79.6 Å². The summed E-state index contributed by atoms with van der Waals surface area (Å²) in [6, 6.07) is 8.11. The smallest absolute Gasteiger partial charge is 0.228 e. The highest BCUT2D eigenvalue weighted by molar-refractivity contribution is 9.10. The lowest BCUT2D eigenvalue weighted by Crippen LogP contribution is -2.31. The molecule has 26 heavy (non-hydrogen) atoms. The van der Waals surface area contributed by atoms with Crippen molar-refractivity contribution in [1.82, 2.24) is 14.8 Å². The van der Waals surface area contributed by atoms with Crippen molar-refractivity contribution in [2.45, 2.75) is 25.0 Å². The van der Waals surface area contributed by atoms with Gasteiger partial charge in [0, 0.05) is 23.6 Å². The number of nitrogens with zero attached hydrogens (tertiary/aromatic N) is 3. The molecule has 0 bridgehead atoms. The molecule has 0 radical (unpaired) electrons. The molecule has 1 aromatic heterocycles. The number of halogens is 1. The van der Waals surface area contributed by atoms with Gasteiger partial charge in [0.1, 0.15) is 0 Å². The number of amides is 1. The molecule has 1 amide bonds. The quantitative estimate of drug-likeness (QED) is 0.637. The maximum absolute atomic E-state index is 12.4. The fourth-order valence-corrected chi connectivity index (χ4v) is 3.24.